The van der Waals surface area contributed by atoms with Gasteiger partial charge in [0.05, 0.1) is 12.3 Å². The van der Waals surface area contributed by atoms with Gasteiger partial charge >= 0.3 is 0 Å². The molecule has 0 atom stereocenters. The second-order valence-electron chi connectivity index (χ2n) is 4.22. The lowest BCUT2D eigenvalue weighted by Crippen LogP contribution is -2.26. The first-order valence-electron chi connectivity index (χ1n) is 6.16. The Balaban J connectivity index is 2.54. The Morgan fingerprint density at radius 3 is 2.53 bits per heavy atom. The lowest BCUT2D eigenvalue weighted by Gasteiger charge is -2.14. The predicted molar refractivity (Wildman–Crippen MR) is 80.7 cm³/mol. The van der Waals surface area contributed by atoms with Gasteiger partial charge in [-0.15, -0.1) is 0 Å². The third kappa shape index (κ3) is 3.08. The van der Waals surface area contributed by atoms with Crippen molar-refractivity contribution >= 4 is 12.6 Å². The van der Waals surface area contributed by atoms with E-state index in [4.69, 9.17) is 4.74 Å². The monoisotopic (exact) mass is 275 g/mol. The van der Waals surface area contributed by atoms with Crippen LogP contribution in [-0.4, -0.2) is 18.3 Å². The van der Waals surface area contributed by atoms with E-state index in [1.54, 1.807) is 11.7 Å². The Bertz CT molecular complexity index is 593. The number of pyridine rings is 1. The molecule has 0 saturated heterocycles. The summed E-state index contributed by atoms with van der Waals surface area (Å²) in [5.41, 5.74) is 2.65. The molecule has 0 aliphatic rings. The molecule has 4 heteroatoms. The Morgan fingerprint density at radius 1 is 1.16 bits per heavy atom. The summed E-state index contributed by atoms with van der Waals surface area (Å²) in [6.45, 7) is 1.05. The number of nitrogens with zero attached hydrogens (tertiary/aromatic N) is 1. The van der Waals surface area contributed by atoms with E-state index in [2.05, 4.69) is 12.6 Å². The summed E-state index contributed by atoms with van der Waals surface area (Å²) in [6.07, 6.45) is 0. The topological polar surface area (TPSA) is 31.2 Å². The van der Waals surface area contributed by atoms with Crippen molar-refractivity contribution in [3.8, 4) is 11.3 Å². The van der Waals surface area contributed by atoms with E-state index in [1.165, 1.54) is 0 Å². The zero-order valence-corrected chi connectivity index (χ0v) is 11.8. The molecule has 0 saturated carbocycles. The second kappa shape index (κ2) is 6.59. The predicted octanol–water partition coefficient (Wildman–Crippen LogP) is 2.59. The van der Waals surface area contributed by atoms with Crippen molar-refractivity contribution in [1.29, 1.82) is 0 Å². The van der Waals surface area contributed by atoms with E-state index in [9.17, 15) is 4.79 Å². The number of ether oxygens (including phenoxy) is 1. The van der Waals surface area contributed by atoms with Crippen LogP contribution in [0.5, 0.6) is 0 Å². The van der Waals surface area contributed by atoms with Gasteiger partial charge in [0, 0.05) is 25.0 Å². The zero-order chi connectivity index (χ0) is 13.7. The molecule has 0 aliphatic carbocycles. The maximum absolute atomic E-state index is 12.4. The lowest BCUT2D eigenvalue weighted by atomic mass is 10.1. The van der Waals surface area contributed by atoms with Gasteiger partial charge in [-0.25, -0.2) is 0 Å². The normalized spacial score (nSPS) is 10.6. The molecule has 0 bridgehead atoms. The quantitative estimate of drug-likeness (QED) is 0.850. The van der Waals surface area contributed by atoms with Crippen molar-refractivity contribution in [2.75, 3.05) is 13.7 Å². The summed E-state index contributed by atoms with van der Waals surface area (Å²) < 4.78 is 6.84. The summed E-state index contributed by atoms with van der Waals surface area (Å²) in [7, 11) is 1.63. The minimum absolute atomic E-state index is 0.00778. The lowest BCUT2D eigenvalue weighted by molar-refractivity contribution is 0.186. The Morgan fingerprint density at radius 2 is 1.89 bits per heavy atom. The maximum Gasteiger partial charge on any atom is 0.255 e. The highest BCUT2D eigenvalue weighted by Crippen LogP contribution is 2.18. The van der Waals surface area contributed by atoms with Crippen LogP contribution in [0.1, 0.15) is 5.56 Å². The summed E-state index contributed by atoms with van der Waals surface area (Å²) >= 11 is 4.20. The van der Waals surface area contributed by atoms with Crippen LogP contribution in [0.25, 0.3) is 11.3 Å². The molecule has 0 unspecified atom stereocenters. The average Bonchev–Trinajstić information content (AvgIpc) is 2.46. The number of aromatic nitrogens is 1. The molecule has 1 heterocycles. The number of hydrogen-bond donors (Lipinski definition) is 1. The molecule has 0 fully saturated rings. The number of benzene rings is 1. The highest BCUT2D eigenvalue weighted by molar-refractivity contribution is 7.79. The Kier molecular flexibility index (Phi) is 4.82. The molecule has 1 aromatic carbocycles. The third-order valence-corrected chi connectivity index (χ3v) is 3.35. The summed E-state index contributed by atoms with van der Waals surface area (Å²) in [5, 5.41) is 0. The first-order chi connectivity index (χ1) is 9.27. The first kappa shape index (κ1) is 13.9. The second-order valence-corrected chi connectivity index (χ2v) is 4.53. The minimum atomic E-state index is 0.00778. The molecule has 1 aromatic heterocycles. The molecule has 19 heavy (non-hydrogen) atoms. The Labute approximate surface area is 118 Å². The van der Waals surface area contributed by atoms with Gasteiger partial charge in [-0.2, -0.15) is 12.6 Å². The number of hydrogen-bond acceptors (Lipinski definition) is 3. The molecule has 0 radical (unpaired) electrons. The number of rotatable bonds is 5. The third-order valence-electron chi connectivity index (χ3n) is 3.01. The van der Waals surface area contributed by atoms with Crippen LogP contribution in [0, 0.1) is 0 Å². The number of methoxy groups -OCH3 is 1. The van der Waals surface area contributed by atoms with Gasteiger partial charge < -0.3 is 9.30 Å². The smallest absolute Gasteiger partial charge is 0.255 e. The van der Waals surface area contributed by atoms with E-state index in [0.717, 1.165) is 11.3 Å². The van der Waals surface area contributed by atoms with Crippen molar-refractivity contribution in [3.05, 3.63) is 58.4 Å². The molecule has 100 valence electrons. The molecule has 0 amide bonds. The molecule has 2 rings (SSSR count). The van der Waals surface area contributed by atoms with Crippen LogP contribution < -0.4 is 5.56 Å². The summed E-state index contributed by atoms with van der Waals surface area (Å²) in [4.78, 5) is 12.4. The van der Waals surface area contributed by atoms with Crippen molar-refractivity contribution in [2.24, 2.45) is 0 Å². The molecular formula is C15H17NO2S. The van der Waals surface area contributed by atoms with Crippen LogP contribution in [0.3, 0.4) is 0 Å². The number of thiol groups is 1. The average molecular weight is 275 g/mol. The summed E-state index contributed by atoms with van der Waals surface area (Å²) in [6, 6.07) is 13.7. The molecule has 0 spiro atoms. The van der Waals surface area contributed by atoms with Crippen LogP contribution >= 0.6 is 12.6 Å². The fourth-order valence-electron chi connectivity index (χ4n) is 2.01. The molecule has 2 aromatic rings. The van der Waals surface area contributed by atoms with E-state index in [1.807, 2.05) is 42.5 Å². The van der Waals surface area contributed by atoms with Crippen LogP contribution in [0.2, 0.25) is 0 Å². The van der Waals surface area contributed by atoms with Crippen LogP contribution in [0.15, 0.2) is 47.3 Å². The van der Waals surface area contributed by atoms with E-state index < -0.39 is 0 Å². The molecular weight excluding hydrogens is 258 g/mol. The zero-order valence-electron chi connectivity index (χ0n) is 10.9. The fraction of sp³-hybridized carbons (Fsp3) is 0.267. The van der Waals surface area contributed by atoms with Gasteiger partial charge in [-0.05, 0) is 11.6 Å². The highest BCUT2D eigenvalue weighted by atomic mass is 32.1. The van der Waals surface area contributed by atoms with Crippen molar-refractivity contribution in [2.45, 2.75) is 12.3 Å². The SMILES string of the molecule is COCCn1c(-c2ccccc2)ccc(CS)c1=O. The largest absolute Gasteiger partial charge is 0.383 e. The molecule has 3 nitrogen and oxygen atoms in total. The van der Waals surface area contributed by atoms with Gasteiger partial charge in [0.2, 0.25) is 0 Å². The fourth-order valence-corrected chi connectivity index (χ4v) is 2.25. The highest BCUT2D eigenvalue weighted by Gasteiger charge is 2.09. The van der Waals surface area contributed by atoms with Crippen molar-refractivity contribution < 1.29 is 4.74 Å². The van der Waals surface area contributed by atoms with Crippen molar-refractivity contribution in [1.82, 2.24) is 4.57 Å². The van der Waals surface area contributed by atoms with E-state index in [-0.39, 0.29) is 5.56 Å². The van der Waals surface area contributed by atoms with Gasteiger partial charge in [0.1, 0.15) is 0 Å². The van der Waals surface area contributed by atoms with E-state index in [0.29, 0.717) is 24.5 Å². The maximum atomic E-state index is 12.4. The van der Waals surface area contributed by atoms with Crippen LogP contribution in [-0.2, 0) is 17.0 Å². The van der Waals surface area contributed by atoms with Crippen molar-refractivity contribution in [3.63, 3.8) is 0 Å². The summed E-state index contributed by atoms with van der Waals surface area (Å²) in [5.74, 6) is 0.445. The molecule has 0 N–H and O–H groups in total. The van der Waals surface area contributed by atoms with Gasteiger partial charge in [-0.3, -0.25) is 4.79 Å². The first-order valence-corrected chi connectivity index (χ1v) is 6.79. The standard InChI is InChI=1S/C15H17NO2S/c1-18-10-9-16-14(12-5-3-2-4-6-12)8-7-13(11-19)15(16)17/h2-8,19H,9-11H2,1H3. The van der Waals surface area contributed by atoms with Crippen LogP contribution in [0.4, 0.5) is 0 Å². The van der Waals surface area contributed by atoms with E-state index >= 15 is 0 Å². The molecule has 0 aliphatic heterocycles. The van der Waals surface area contributed by atoms with Gasteiger partial charge in [0.15, 0.2) is 0 Å². The van der Waals surface area contributed by atoms with Gasteiger partial charge in [-0.1, -0.05) is 36.4 Å². The van der Waals surface area contributed by atoms with Gasteiger partial charge in [0.25, 0.3) is 5.56 Å². The Hall–Kier alpha value is -1.52. The minimum Gasteiger partial charge on any atom is -0.383 e.